The van der Waals surface area contributed by atoms with Gasteiger partial charge in [-0.2, -0.15) is 5.10 Å². The van der Waals surface area contributed by atoms with E-state index in [9.17, 15) is 8.42 Å². The third-order valence-corrected chi connectivity index (χ3v) is 3.86. The van der Waals surface area contributed by atoms with Crippen molar-refractivity contribution in [3.05, 3.63) is 36.2 Å². The molecule has 0 radical (unpaired) electrons. The van der Waals surface area contributed by atoms with E-state index in [4.69, 9.17) is 5.73 Å². The van der Waals surface area contributed by atoms with Crippen LogP contribution in [-0.2, 0) is 17.1 Å². The minimum Gasteiger partial charge on any atom is -0.398 e. The van der Waals surface area contributed by atoms with Crippen LogP contribution in [0.15, 0.2) is 35.5 Å². The lowest BCUT2D eigenvalue weighted by atomic mass is 10.2. The lowest BCUT2D eigenvalue weighted by molar-refractivity contribution is 0.601. The van der Waals surface area contributed by atoms with Gasteiger partial charge in [-0.1, -0.05) is 6.07 Å². The summed E-state index contributed by atoms with van der Waals surface area (Å²) >= 11 is 0. The van der Waals surface area contributed by atoms with Gasteiger partial charge >= 0.3 is 0 Å². The zero-order valence-corrected chi connectivity index (χ0v) is 10.9. The number of aromatic nitrogens is 2. The number of anilines is 2. The molecule has 0 saturated heterocycles. The van der Waals surface area contributed by atoms with E-state index in [1.807, 2.05) is 6.92 Å². The standard InChI is InChI=1S/C11H14N4O2S/c1-8-3-4-9(5-11(8)12)14-18(16,17)10-6-13-15(2)7-10/h3-7,14H,12H2,1-2H3. The van der Waals surface area contributed by atoms with Crippen LogP contribution in [-0.4, -0.2) is 18.2 Å². The number of nitrogen functional groups attached to an aromatic ring is 1. The van der Waals surface area contributed by atoms with Crippen molar-refractivity contribution in [3.8, 4) is 0 Å². The van der Waals surface area contributed by atoms with E-state index >= 15 is 0 Å². The Hall–Kier alpha value is -2.02. The summed E-state index contributed by atoms with van der Waals surface area (Å²) in [5.74, 6) is 0. The molecule has 0 saturated carbocycles. The molecule has 1 heterocycles. The highest BCUT2D eigenvalue weighted by Crippen LogP contribution is 2.20. The number of rotatable bonds is 3. The smallest absolute Gasteiger partial charge is 0.265 e. The Kier molecular flexibility index (Phi) is 3.00. The zero-order valence-electron chi connectivity index (χ0n) is 10.1. The maximum Gasteiger partial charge on any atom is 0.265 e. The van der Waals surface area contributed by atoms with Crippen LogP contribution < -0.4 is 10.5 Å². The molecule has 0 aliphatic rings. The van der Waals surface area contributed by atoms with Crippen molar-refractivity contribution < 1.29 is 8.42 Å². The normalized spacial score (nSPS) is 11.4. The van der Waals surface area contributed by atoms with Crippen molar-refractivity contribution in [1.82, 2.24) is 9.78 Å². The molecule has 6 nitrogen and oxygen atoms in total. The molecular formula is C11H14N4O2S. The maximum absolute atomic E-state index is 12.0. The second kappa shape index (κ2) is 4.34. The predicted molar refractivity (Wildman–Crippen MR) is 69.6 cm³/mol. The van der Waals surface area contributed by atoms with Crippen LogP contribution in [0, 0.1) is 6.92 Å². The Morgan fingerprint density at radius 1 is 1.39 bits per heavy atom. The summed E-state index contributed by atoms with van der Waals surface area (Å²) in [6, 6.07) is 5.01. The van der Waals surface area contributed by atoms with Gasteiger partial charge in [-0.25, -0.2) is 8.42 Å². The molecule has 1 aromatic carbocycles. The molecule has 0 bridgehead atoms. The maximum atomic E-state index is 12.0. The van der Waals surface area contributed by atoms with Crippen molar-refractivity contribution in [2.24, 2.45) is 7.05 Å². The zero-order chi connectivity index (χ0) is 13.3. The first kappa shape index (κ1) is 12.4. The summed E-state index contributed by atoms with van der Waals surface area (Å²) in [5, 5.41) is 3.83. The van der Waals surface area contributed by atoms with Crippen molar-refractivity contribution >= 4 is 21.4 Å². The Bertz CT molecular complexity index is 676. The summed E-state index contributed by atoms with van der Waals surface area (Å²) in [5.41, 5.74) is 7.61. The molecule has 96 valence electrons. The van der Waals surface area contributed by atoms with Crippen molar-refractivity contribution in [3.63, 3.8) is 0 Å². The van der Waals surface area contributed by atoms with Gasteiger partial charge in [0.25, 0.3) is 10.0 Å². The van der Waals surface area contributed by atoms with Gasteiger partial charge in [-0.3, -0.25) is 9.40 Å². The van der Waals surface area contributed by atoms with Crippen LogP contribution in [0.3, 0.4) is 0 Å². The molecule has 1 aromatic heterocycles. The van der Waals surface area contributed by atoms with Gasteiger partial charge in [0, 0.05) is 18.9 Å². The summed E-state index contributed by atoms with van der Waals surface area (Å²) in [4.78, 5) is 0.115. The van der Waals surface area contributed by atoms with Crippen LogP contribution in [0.1, 0.15) is 5.56 Å². The van der Waals surface area contributed by atoms with Crippen molar-refractivity contribution in [1.29, 1.82) is 0 Å². The monoisotopic (exact) mass is 266 g/mol. The fraction of sp³-hybridized carbons (Fsp3) is 0.182. The van der Waals surface area contributed by atoms with E-state index < -0.39 is 10.0 Å². The molecule has 3 N–H and O–H groups in total. The molecule has 0 unspecified atom stereocenters. The van der Waals surface area contributed by atoms with E-state index in [2.05, 4.69) is 9.82 Å². The highest BCUT2D eigenvalue weighted by atomic mass is 32.2. The van der Waals surface area contributed by atoms with Crippen LogP contribution in [0.5, 0.6) is 0 Å². The number of aryl methyl sites for hydroxylation is 2. The molecule has 7 heteroatoms. The van der Waals surface area contributed by atoms with E-state index in [1.54, 1.807) is 25.2 Å². The first-order chi connectivity index (χ1) is 8.38. The lowest BCUT2D eigenvalue weighted by Crippen LogP contribution is -2.12. The van der Waals surface area contributed by atoms with E-state index in [-0.39, 0.29) is 4.90 Å². The van der Waals surface area contributed by atoms with Gasteiger partial charge in [0.1, 0.15) is 4.90 Å². The average Bonchev–Trinajstić information content (AvgIpc) is 2.71. The summed E-state index contributed by atoms with van der Waals surface area (Å²) < 4.78 is 27.9. The summed E-state index contributed by atoms with van der Waals surface area (Å²) in [7, 11) is -1.96. The van der Waals surface area contributed by atoms with E-state index in [0.717, 1.165) is 5.56 Å². The summed E-state index contributed by atoms with van der Waals surface area (Å²) in [6.45, 7) is 1.86. The molecule has 0 amide bonds. The Balaban J connectivity index is 2.30. The molecule has 2 rings (SSSR count). The highest BCUT2D eigenvalue weighted by Gasteiger charge is 2.16. The number of hydrogen-bond acceptors (Lipinski definition) is 4. The largest absolute Gasteiger partial charge is 0.398 e. The predicted octanol–water partition coefficient (Wildman–Crippen LogP) is 1.11. The van der Waals surface area contributed by atoms with Crippen LogP contribution in [0.25, 0.3) is 0 Å². The van der Waals surface area contributed by atoms with E-state index in [1.165, 1.54) is 17.1 Å². The summed E-state index contributed by atoms with van der Waals surface area (Å²) in [6.07, 6.45) is 2.72. The fourth-order valence-electron chi connectivity index (χ4n) is 1.46. The van der Waals surface area contributed by atoms with E-state index in [0.29, 0.717) is 11.4 Å². The van der Waals surface area contributed by atoms with Crippen LogP contribution >= 0.6 is 0 Å². The minimum atomic E-state index is -3.61. The quantitative estimate of drug-likeness (QED) is 0.814. The van der Waals surface area contributed by atoms with Gasteiger partial charge < -0.3 is 5.73 Å². The third-order valence-electron chi connectivity index (χ3n) is 2.52. The molecule has 0 spiro atoms. The number of nitrogens with one attached hydrogen (secondary N) is 1. The Labute approximate surface area is 105 Å². The van der Waals surface area contributed by atoms with Gasteiger partial charge in [0.15, 0.2) is 0 Å². The van der Waals surface area contributed by atoms with Gasteiger partial charge in [-0.05, 0) is 24.6 Å². The third kappa shape index (κ3) is 2.45. The number of sulfonamides is 1. The number of nitrogens with zero attached hydrogens (tertiary/aromatic N) is 2. The van der Waals surface area contributed by atoms with Crippen molar-refractivity contribution in [2.75, 3.05) is 10.5 Å². The minimum absolute atomic E-state index is 0.115. The van der Waals surface area contributed by atoms with Gasteiger partial charge in [0.05, 0.1) is 11.9 Å². The molecule has 2 aromatic rings. The van der Waals surface area contributed by atoms with Crippen molar-refractivity contribution in [2.45, 2.75) is 11.8 Å². The van der Waals surface area contributed by atoms with Crippen LogP contribution in [0.4, 0.5) is 11.4 Å². The Morgan fingerprint density at radius 3 is 2.67 bits per heavy atom. The second-order valence-electron chi connectivity index (χ2n) is 4.03. The highest BCUT2D eigenvalue weighted by molar-refractivity contribution is 7.92. The molecular weight excluding hydrogens is 252 g/mol. The molecule has 18 heavy (non-hydrogen) atoms. The molecule has 0 fully saturated rings. The average molecular weight is 266 g/mol. The first-order valence-electron chi connectivity index (χ1n) is 5.26. The molecule has 0 aliphatic heterocycles. The SMILES string of the molecule is Cc1ccc(NS(=O)(=O)c2cnn(C)c2)cc1N. The number of hydrogen-bond donors (Lipinski definition) is 2. The molecule has 0 aliphatic carbocycles. The topological polar surface area (TPSA) is 90.0 Å². The van der Waals surface area contributed by atoms with Gasteiger partial charge in [-0.15, -0.1) is 0 Å². The van der Waals surface area contributed by atoms with Crippen LogP contribution in [0.2, 0.25) is 0 Å². The van der Waals surface area contributed by atoms with Gasteiger partial charge in [0.2, 0.25) is 0 Å². The molecule has 0 atom stereocenters. The fourth-order valence-corrected chi connectivity index (χ4v) is 2.49. The first-order valence-corrected chi connectivity index (χ1v) is 6.74. The lowest BCUT2D eigenvalue weighted by Gasteiger charge is -2.08. The Morgan fingerprint density at radius 2 is 2.11 bits per heavy atom. The number of benzene rings is 1. The second-order valence-corrected chi connectivity index (χ2v) is 5.71. The number of nitrogens with two attached hydrogens (primary N) is 1.